The fraction of sp³-hybridized carbons (Fsp3) is 0.364. The van der Waals surface area contributed by atoms with Gasteiger partial charge in [-0.1, -0.05) is 51.1 Å². The van der Waals surface area contributed by atoms with Gasteiger partial charge in [0.1, 0.15) is 5.82 Å². The van der Waals surface area contributed by atoms with Crippen LogP contribution in [0.4, 0.5) is 10.6 Å². The van der Waals surface area contributed by atoms with Crippen molar-refractivity contribution in [1.82, 2.24) is 25.1 Å². The first kappa shape index (κ1) is 19.9. The summed E-state index contributed by atoms with van der Waals surface area (Å²) in [5.41, 5.74) is 2.96. The molecule has 2 heterocycles. The van der Waals surface area contributed by atoms with Gasteiger partial charge < -0.3 is 5.32 Å². The van der Waals surface area contributed by atoms with Crippen LogP contribution in [0.15, 0.2) is 41.2 Å². The summed E-state index contributed by atoms with van der Waals surface area (Å²) in [6.07, 6.45) is 2.45. The quantitative estimate of drug-likeness (QED) is 0.619. The van der Waals surface area contributed by atoms with Crippen molar-refractivity contribution in [3.05, 3.63) is 69.3 Å². The molecule has 0 spiro atoms. The normalized spacial score (nSPS) is 13.2. The predicted octanol–water partition coefficient (Wildman–Crippen LogP) is 3.06. The van der Waals surface area contributed by atoms with Crippen molar-refractivity contribution in [3.8, 4) is 5.95 Å². The molecule has 0 aliphatic heterocycles. The van der Waals surface area contributed by atoms with Crippen molar-refractivity contribution >= 4 is 11.8 Å². The van der Waals surface area contributed by atoms with Crippen LogP contribution in [0.2, 0.25) is 0 Å². The van der Waals surface area contributed by atoms with Crippen LogP contribution in [-0.2, 0) is 24.8 Å². The zero-order valence-electron chi connectivity index (χ0n) is 17.5. The summed E-state index contributed by atoms with van der Waals surface area (Å²) in [5, 5.41) is 10.3. The van der Waals surface area contributed by atoms with Crippen LogP contribution in [0, 0.1) is 0 Å². The van der Waals surface area contributed by atoms with Crippen LogP contribution in [0.5, 0.6) is 0 Å². The first-order valence-electron chi connectivity index (χ1n) is 10.1. The van der Waals surface area contributed by atoms with Gasteiger partial charge >= 0.3 is 6.03 Å². The van der Waals surface area contributed by atoms with Gasteiger partial charge in [0.15, 0.2) is 0 Å². The lowest BCUT2D eigenvalue weighted by atomic mass is 9.92. The monoisotopic (exact) mass is 406 g/mol. The van der Waals surface area contributed by atoms with E-state index in [2.05, 4.69) is 25.7 Å². The average molecular weight is 406 g/mol. The number of aryl methyl sites for hydroxylation is 1. The van der Waals surface area contributed by atoms with E-state index in [9.17, 15) is 9.59 Å². The molecule has 0 unspecified atom stereocenters. The number of benzene rings is 1. The van der Waals surface area contributed by atoms with Crippen molar-refractivity contribution in [1.29, 1.82) is 0 Å². The molecule has 2 amide bonds. The van der Waals surface area contributed by atoms with Crippen LogP contribution in [0.25, 0.3) is 5.95 Å². The minimum atomic E-state index is -0.357. The molecular formula is C22H26N6O2. The highest BCUT2D eigenvalue weighted by Gasteiger charge is 2.24. The number of nitrogens with zero attached hydrogens (tertiary/aromatic N) is 3. The molecule has 0 saturated carbocycles. The van der Waals surface area contributed by atoms with Gasteiger partial charge in [0.2, 0.25) is 5.95 Å². The maximum absolute atomic E-state index is 12.5. The van der Waals surface area contributed by atoms with E-state index < -0.39 is 0 Å². The second-order valence-electron chi connectivity index (χ2n) is 8.54. The second-order valence-corrected chi connectivity index (χ2v) is 8.54. The van der Waals surface area contributed by atoms with E-state index in [0.29, 0.717) is 18.3 Å². The number of H-pyrrole nitrogens is 1. The average Bonchev–Trinajstić information content (AvgIpc) is 3.34. The van der Waals surface area contributed by atoms with Crippen LogP contribution < -0.4 is 16.2 Å². The van der Waals surface area contributed by atoms with E-state index in [1.54, 1.807) is 0 Å². The van der Waals surface area contributed by atoms with Gasteiger partial charge in [-0.15, -0.1) is 0 Å². The molecule has 156 valence electrons. The first-order valence-corrected chi connectivity index (χ1v) is 10.1. The molecule has 0 bridgehead atoms. The van der Waals surface area contributed by atoms with Crippen molar-refractivity contribution < 1.29 is 4.79 Å². The summed E-state index contributed by atoms with van der Waals surface area (Å²) < 4.78 is 1.50. The number of anilines is 1. The molecule has 1 aliphatic carbocycles. The third-order valence-electron chi connectivity index (χ3n) is 5.14. The molecule has 0 atom stereocenters. The number of amides is 2. The lowest BCUT2D eigenvalue weighted by Gasteiger charge is -2.14. The second kappa shape index (κ2) is 7.78. The van der Waals surface area contributed by atoms with Gasteiger partial charge in [-0.3, -0.25) is 15.1 Å². The zero-order valence-corrected chi connectivity index (χ0v) is 17.5. The summed E-state index contributed by atoms with van der Waals surface area (Å²) in [5.74, 6) is 0.765. The lowest BCUT2D eigenvalue weighted by Crippen LogP contribution is -2.29. The summed E-state index contributed by atoms with van der Waals surface area (Å²) in [4.78, 5) is 32.4. The molecule has 1 aliphatic rings. The molecule has 3 aromatic rings. The number of rotatable bonds is 4. The van der Waals surface area contributed by atoms with Crippen LogP contribution in [0.3, 0.4) is 0 Å². The molecule has 2 aromatic heterocycles. The molecular weight excluding hydrogens is 380 g/mol. The molecule has 0 saturated heterocycles. The van der Waals surface area contributed by atoms with Gasteiger partial charge in [0, 0.05) is 23.6 Å². The van der Waals surface area contributed by atoms with Crippen molar-refractivity contribution in [2.45, 2.75) is 52.0 Å². The molecule has 8 nitrogen and oxygen atoms in total. The molecule has 3 N–H and O–H groups in total. The van der Waals surface area contributed by atoms with Crippen molar-refractivity contribution in [3.63, 3.8) is 0 Å². The van der Waals surface area contributed by atoms with Crippen LogP contribution in [-0.4, -0.2) is 25.8 Å². The highest BCUT2D eigenvalue weighted by Crippen LogP contribution is 2.26. The Kier molecular flexibility index (Phi) is 5.15. The Morgan fingerprint density at radius 2 is 1.97 bits per heavy atom. The summed E-state index contributed by atoms with van der Waals surface area (Å²) >= 11 is 0. The lowest BCUT2D eigenvalue weighted by molar-refractivity contribution is 0.251. The van der Waals surface area contributed by atoms with E-state index in [1.165, 1.54) is 4.68 Å². The third-order valence-corrected chi connectivity index (χ3v) is 5.14. The number of urea groups is 1. The molecule has 1 aromatic carbocycles. The number of aromatic amines is 1. The summed E-state index contributed by atoms with van der Waals surface area (Å²) in [6.45, 7) is 6.52. The van der Waals surface area contributed by atoms with E-state index in [-0.39, 0.29) is 17.0 Å². The Morgan fingerprint density at radius 3 is 2.70 bits per heavy atom. The predicted molar refractivity (Wildman–Crippen MR) is 115 cm³/mol. The molecule has 0 fully saturated rings. The Labute approximate surface area is 174 Å². The Morgan fingerprint density at radius 1 is 1.20 bits per heavy atom. The fourth-order valence-corrected chi connectivity index (χ4v) is 3.47. The SMILES string of the molecule is CC(C)(C)c1cc(NC(=O)NCc2ccccc2)n(-c2nc3c(c(=O)[nH]2)CCC3)n1. The fourth-order valence-electron chi connectivity index (χ4n) is 3.47. The zero-order chi connectivity index (χ0) is 21.3. The number of fused-ring (bicyclic) bond motifs is 1. The first-order chi connectivity index (χ1) is 14.3. The van der Waals surface area contributed by atoms with E-state index in [0.717, 1.165) is 41.8 Å². The van der Waals surface area contributed by atoms with Crippen molar-refractivity contribution in [2.24, 2.45) is 0 Å². The maximum Gasteiger partial charge on any atom is 0.320 e. The molecule has 30 heavy (non-hydrogen) atoms. The highest BCUT2D eigenvalue weighted by atomic mass is 16.2. The number of hydrogen-bond donors (Lipinski definition) is 3. The highest BCUT2D eigenvalue weighted by molar-refractivity contribution is 5.88. The Balaban J connectivity index is 1.62. The minimum Gasteiger partial charge on any atom is -0.334 e. The largest absolute Gasteiger partial charge is 0.334 e. The van der Waals surface area contributed by atoms with Crippen molar-refractivity contribution in [2.75, 3.05) is 5.32 Å². The van der Waals surface area contributed by atoms with E-state index >= 15 is 0 Å². The van der Waals surface area contributed by atoms with E-state index in [4.69, 9.17) is 0 Å². The Hall–Kier alpha value is -3.42. The Bertz CT molecular complexity index is 1120. The van der Waals surface area contributed by atoms with E-state index in [1.807, 2.05) is 57.2 Å². The molecule has 4 rings (SSSR count). The molecule has 8 heteroatoms. The third kappa shape index (κ3) is 4.12. The van der Waals surface area contributed by atoms with Gasteiger partial charge in [0.05, 0.1) is 11.4 Å². The number of carbonyl (C=O) groups excluding carboxylic acids is 1. The number of hydrogen-bond acceptors (Lipinski definition) is 4. The standard InChI is InChI=1S/C22H26N6O2/c1-22(2,3)17-12-18(25-21(30)23-13-14-8-5-4-6-9-14)28(27-17)20-24-16-11-7-10-15(16)19(29)26-20/h4-6,8-9,12H,7,10-11,13H2,1-3H3,(H2,23,25,30)(H,24,26,29). The van der Waals surface area contributed by atoms with Crippen LogP contribution in [0.1, 0.15) is 49.7 Å². The number of nitrogens with one attached hydrogen (secondary N) is 3. The van der Waals surface area contributed by atoms with Gasteiger partial charge in [-0.05, 0) is 24.8 Å². The summed E-state index contributed by atoms with van der Waals surface area (Å²) in [6, 6.07) is 11.1. The number of aromatic nitrogens is 4. The minimum absolute atomic E-state index is 0.139. The van der Waals surface area contributed by atoms with Gasteiger partial charge in [0.25, 0.3) is 5.56 Å². The number of carbonyl (C=O) groups is 1. The maximum atomic E-state index is 12.5. The molecule has 0 radical (unpaired) electrons. The topological polar surface area (TPSA) is 105 Å². The van der Waals surface area contributed by atoms with Gasteiger partial charge in [-0.2, -0.15) is 9.78 Å². The van der Waals surface area contributed by atoms with Gasteiger partial charge in [-0.25, -0.2) is 9.78 Å². The smallest absolute Gasteiger partial charge is 0.320 e. The summed E-state index contributed by atoms with van der Waals surface area (Å²) in [7, 11) is 0. The van der Waals surface area contributed by atoms with Crippen LogP contribution >= 0.6 is 0 Å².